The monoisotopic (exact) mass is 282 g/mol. The molecule has 0 spiro atoms. The molecule has 3 nitrogen and oxygen atoms in total. The second-order valence-corrected chi connectivity index (χ2v) is 5.79. The Morgan fingerprint density at radius 3 is 2.71 bits per heavy atom. The zero-order valence-corrected chi connectivity index (χ0v) is 12.5. The molecule has 3 rings (SSSR count). The SMILES string of the molecule is CCN1C(=O)CCCC(N)C1c1ccc2ccccc2c1. The van der Waals surface area contributed by atoms with Gasteiger partial charge in [0.2, 0.25) is 5.91 Å². The smallest absolute Gasteiger partial charge is 0.223 e. The fourth-order valence-corrected chi connectivity index (χ4v) is 3.37. The van der Waals surface area contributed by atoms with Crippen molar-refractivity contribution in [2.75, 3.05) is 6.54 Å². The van der Waals surface area contributed by atoms with Gasteiger partial charge in [0.05, 0.1) is 6.04 Å². The van der Waals surface area contributed by atoms with E-state index in [1.54, 1.807) is 0 Å². The van der Waals surface area contributed by atoms with Crippen molar-refractivity contribution in [3.8, 4) is 0 Å². The van der Waals surface area contributed by atoms with E-state index in [0.717, 1.165) is 18.4 Å². The van der Waals surface area contributed by atoms with E-state index in [2.05, 4.69) is 30.3 Å². The topological polar surface area (TPSA) is 46.3 Å². The molecule has 2 N–H and O–H groups in total. The first-order valence-electron chi connectivity index (χ1n) is 7.74. The number of nitrogens with two attached hydrogens (primary N) is 1. The average molecular weight is 282 g/mol. The number of hydrogen-bond acceptors (Lipinski definition) is 2. The number of nitrogens with zero attached hydrogens (tertiary/aromatic N) is 1. The number of hydrogen-bond donors (Lipinski definition) is 1. The molecule has 1 aliphatic heterocycles. The van der Waals surface area contributed by atoms with Crippen molar-refractivity contribution in [1.29, 1.82) is 0 Å². The summed E-state index contributed by atoms with van der Waals surface area (Å²) in [5.74, 6) is 0.226. The molecular weight excluding hydrogens is 260 g/mol. The van der Waals surface area contributed by atoms with E-state index < -0.39 is 0 Å². The summed E-state index contributed by atoms with van der Waals surface area (Å²) in [5.41, 5.74) is 7.54. The molecule has 3 heteroatoms. The van der Waals surface area contributed by atoms with Crippen molar-refractivity contribution in [2.24, 2.45) is 5.73 Å². The number of carbonyl (C=O) groups is 1. The van der Waals surface area contributed by atoms with Crippen molar-refractivity contribution in [2.45, 2.75) is 38.3 Å². The Hall–Kier alpha value is -1.87. The van der Waals surface area contributed by atoms with Gasteiger partial charge in [-0.3, -0.25) is 4.79 Å². The van der Waals surface area contributed by atoms with Gasteiger partial charge in [0.15, 0.2) is 0 Å². The van der Waals surface area contributed by atoms with Crippen LogP contribution in [-0.4, -0.2) is 23.4 Å². The summed E-state index contributed by atoms with van der Waals surface area (Å²) in [7, 11) is 0. The molecule has 1 amide bonds. The minimum Gasteiger partial charge on any atom is -0.334 e. The molecule has 0 aliphatic carbocycles. The largest absolute Gasteiger partial charge is 0.334 e. The highest BCUT2D eigenvalue weighted by atomic mass is 16.2. The standard InChI is InChI=1S/C18H22N2O/c1-2-20-17(21)9-5-8-16(19)18(20)15-11-10-13-6-3-4-7-14(13)12-15/h3-4,6-7,10-12,16,18H,2,5,8-9,19H2,1H3. The summed E-state index contributed by atoms with van der Waals surface area (Å²) in [4.78, 5) is 14.3. The number of carbonyl (C=O) groups excluding carboxylic acids is 1. The Balaban J connectivity index is 2.05. The van der Waals surface area contributed by atoms with Gasteiger partial charge in [0, 0.05) is 19.0 Å². The molecule has 1 heterocycles. The predicted octanol–water partition coefficient (Wildman–Crippen LogP) is 3.24. The van der Waals surface area contributed by atoms with Gasteiger partial charge in [-0.05, 0) is 42.2 Å². The first-order valence-corrected chi connectivity index (χ1v) is 7.74. The normalized spacial score (nSPS) is 23.3. The molecule has 1 saturated heterocycles. The third kappa shape index (κ3) is 2.66. The summed E-state index contributed by atoms with van der Waals surface area (Å²) < 4.78 is 0. The van der Waals surface area contributed by atoms with E-state index in [4.69, 9.17) is 5.73 Å². The molecule has 21 heavy (non-hydrogen) atoms. The van der Waals surface area contributed by atoms with Crippen molar-refractivity contribution in [3.63, 3.8) is 0 Å². The van der Waals surface area contributed by atoms with Crippen LogP contribution in [0.4, 0.5) is 0 Å². The molecule has 110 valence electrons. The second kappa shape index (κ2) is 5.86. The number of likely N-dealkylation sites (N-methyl/N-ethyl adjacent to an activating group) is 1. The van der Waals surface area contributed by atoms with Gasteiger partial charge in [0.25, 0.3) is 0 Å². The number of fused-ring (bicyclic) bond motifs is 1. The van der Waals surface area contributed by atoms with Crippen LogP contribution in [0.1, 0.15) is 37.8 Å². The Morgan fingerprint density at radius 1 is 1.19 bits per heavy atom. The molecule has 0 aromatic heterocycles. The summed E-state index contributed by atoms with van der Waals surface area (Å²) in [6, 6.07) is 14.7. The molecule has 1 fully saturated rings. The molecule has 2 unspecified atom stereocenters. The Bertz CT molecular complexity index is 652. The zero-order chi connectivity index (χ0) is 14.8. The molecule has 0 radical (unpaired) electrons. The Kier molecular flexibility index (Phi) is 3.93. The minimum absolute atomic E-state index is 0.00499. The van der Waals surface area contributed by atoms with Crippen LogP contribution in [-0.2, 0) is 4.79 Å². The van der Waals surface area contributed by atoms with Crippen LogP contribution in [0.3, 0.4) is 0 Å². The maximum absolute atomic E-state index is 12.3. The fourth-order valence-electron chi connectivity index (χ4n) is 3.37. The number of benzene rings is 2. The molecule has 1 aliphatic rings. The molecule has 2 aromatic carbocycles. The summed E-state index contributed by atoms with van der Waals surface area (Å²) >= 11 is 0. The highest BCUT2D eigenvalue weighted by molar-refractivity contribution is 5.83. The van der Waals surface area contributed by atoms with Gasteiger partial charge in [-0.25, -0.2) is 0 Å². The van der Waals surface area contributed by atoms with E-state index in [9.17, 15) is 4.79 Å². The highest BCUT2D eigenvalue weighted by Gasteiger charge is 2.31. The molecular formula is C18H22N2O. The van der Waals surface area contributed by atoms with Crippen LogP contribution in [0.15, 0.2) is 42.5 Å². The maximum Gasteiger partial charge on any atom is 0.223 e. The molecule has 2 aromatic rings. The summed E-state index contributed by atoms with van der Waals surface area (Å²) in [6.45, 7) is 2.74. The van der Waals surface area contributed by atoms with E-state index in [1.807, 2.05) is 24.0 Å². The maximum atomic E-state index is 12.3. The van der Waals surface area contributed by atoms with Gasteiger partial charge >= 0.3 is 0 Å². The molecule has 2 atom stereocenters. The third-order valence-electron chi connectivity index (χ3n) is 4.45. The van der Waals surface area contributed by atoms with Crippen LogP contribution in [0.25, 0.3) is 10.8 Å². The predicted molar refractivity (Wildman–Crippen MR) is 85.9 cm³/mol. The van der Waals surface area contributed by atoms with Crippen LogP contribution in [0.2, 0.25) is 0 Å². The van der Waals surface area contributed by atoms with Crippen molar-refractivity contribution in [1.82, 2.24) is 4.90 Å². The van der Waals surface area contributed by atoms with Gasteiger partial charge in [-0.1, -0.05) is 36.4 Å². The summed E-state index contributed by atoms with van der Waals surface area (Å²) in [5, 5.41) is 2.42. The van der Waals surface area contributed by atoms with Crippen LogP contribution < -0.4 is 5.73 Å². The number of likely N-dealkylation sites (tertiary alicyclic amines) is 1. The quantitative estimate of drug-likeness (QED) is 0.919. The lowest BCUT2D eigenvalue weighted by atomic mass is 9.94. The lowest BCUT2D eigenvalue weighted by Gasteiger charge is -2.33. The fraction of sp³-hybridized carbons (Fsp3) is 0.389. The Morgan fingerprint density at radius 2 is 1.95 bits per heavy atom. The first kappa shape index (κ1) is 14.1. The van der Waals surface area contributed by atoms with Crippen molar-refractivity contribution >= 4 is 16.7 Å². The van der Waals surface area contributed by atoms with Gasteiger partial charge in [0.1, 0.15) is 0 Å². The van der Waals surface area contributed by atoms with Crippen LogP contribution in [0, 0.1) is 0 Å². The van der Waals surface area contributed by atoms with Gasteiger partial charge in [-0.15, -0.1) is 0 Å². The van der Waals surface area contributed by atoms with E-state index in [-0.39, 0.29) is 18.0 Å². The second-order valence-electron chi connectivity index (χ2n) is 5.79. The lowest BCUT2D eigenvalue weighted by molar-refractivity contribution is -0.133. The number of amides is 1. The van der Waals surface area contributed by atoms with E-state index >= 15 is 0 Å². The third-order valence-corrected chi connectivity index (χ3v) is 4.45. The minimum atomic E-state index is -0.00499. The first-order chi connectivity index (χ1) is 10.2. The van der Waals surface area contributed by atoms with Crippen molar-refractivity contribution < 1.29 is 4.79 Å². The average Bonchev–Trinajstić information content (AvgIpc) is 2.65. The molecule has 0 bridgehead atoms. The van der Waals surface area contributed by atoms with Crippen LogP contribution >= 0.6 is 0 Å². The van der Waals surface area contributed by atoms with Crippen molar-refractivity contribution in [3.05, 3.63) is 48.0 Å². The van der Waals surface area contributed by atoms with Gasteiger partial charge < -0.3 is 10.6 Å². The lowest BCUT2D eigenvalue weighted by Crippen LogP contribution is -2.42. The zero-order valence-electron chi connectivity index (χ0n) is 12.5. The van der Waals surface area contributed by atoms with Gasteiger partial charge in [-0.2, -0.15) is 0 Å². The van der Waals surface area contributed by atoms with Crippen LogP contribution in [0.5, 0.6) is 0 Å². The summed E-state index contributed by atoms with van der Waals surface area (Å²) in [6.07, 6.45) is 2.41. The Labute approximate surface area is 125 Å². The number of rotatable bonds is 2. The van der Waals surface area contributed by atoms with E-state index in [1.165, 1.54) is 10.8 Å². The van der Waals surface area contributed by atoms with E-state index in [0.29, 0.717) is 13.0 Å². The highest BCUT2D eigenvalue weighted by Crippen LogP contribution is 2.31. The molecule has 0 saturated carbocycles.